The summed E-state index contributed by atoms with van der Waals surface area (Å²) in [6, 6.07) is 15.6. The number of aromatic nitrogens is 2. The summed E-state index contributed by atoms with van der Waals surface area (Å²) in [6.07, 6.45) is 0. The second kappa shape index (κ2) is 6.98. The Morgan fingerprint density at radius 2 is 1.96 bits per heavy atom. The Morgan fingerprint density at radius 1 is 1.21 bits per heavy atom. The van der Waals surface area contributed by atoms with E-state index in [1.165, 1.54) is 5.56 Å². The van der Waals surface area contributed by atoms with Gasteiger partial charge in [0.05, 0.1) is 28.4 Å². The van der Waals surface area contributed by atoms with E-state index in [2.05, 4.69) is 22.1 Å². The van der Waals surface area contributed by atoms with Crippen LogP contribution in [0, 0.1) is 0 Å². The number of rotatable bonds is 2. The van der Waals surface area contributed by atoms with Crippen LogP contribution in [0.5, 0.6) is 0 Å². The molecule has 0 saturated carbocycles. The van der Waals surface area contributed by atoms with Crippen molar-refractivity contribution >= 4 is 39.9 Å². The number of hydrogen-bond donors (Lipinski definition) is 1. The van der Waals surface area contributed by atoms with Gasteiger partial charge in [-0.1, -0.05) is 42.1 Å². The van der Waals surface area contributed by atoms with Gasteiger partial charge in [0, 0.05) is 0 Å². The average Bonchev–Trinajstić information content (AvgIpc) is 3.23. The number of imidazole rings is 1. The summed E-state index contributed by atoms with van der Waals surface area (Å²) >= 11 is 1.67. The minimum absolute atomic E-state index is 0.258. The third kappa shape index (κ3) is 3.62. The van der Waals surface area contributed by atoms with Gasteiger partial charge in [0.2, 0.25) is 5.95 Å². The number of nitrogen functional groups attached to an aromatic ring is 1. The van der Waals surface area contributed by atoms with Gasteiger partial charge in [-0.3, -0.25) is 9.56 Å². The lowest BCUT2D eigenvalue weighted by Gasteiger charge is -2.19. The quantitative estimate of drug-likeness (QED) is 0.657. The summed E-state index contributed by atoms with van der Waals surface area (Å²) < 4.78 is 7.29. The van der Waals surface area contributed by atoms with Crippen LogP contribution in [0.25, 0.3) is 11.0 Å². The van der Waals surface area contributed by atoms with Crippen molar-refractivity contribution in [3.8, 4) is 0 Å². The van der Waals surface area contributed by atoms with Gasteiger partial charge in [0.15, 0.2) is 5.17 Å². The zero-order valence-electron chi connectivity index (χ0n) is 16.0. The Hall–Kier alpha value is -2.80. The van der Waals surface area contributed by atoms with Crippen molar-refractivity contribution in [3.05, 3.63) is 59.7 Å². The first kappa shape index (κ1) is 18.6. The summed E-state index contributed by atoms with van der Waals surface area (Å²) in [5.74, 6) is -0.0180. The number of aliphatic imine (C=N–C) groups is 1. The number of hydrogen-bond acceptors (Lipinski definition) is 6. The van der Waals surface area contributed by atoms with Gasteiger partial charge in [0.25, 0.3) is 0 Å². The van der Waals surface area contributed by atoms with Crippen LogP contribution in [-0.2, 0) is 4.74 Å². The van der Waals surface area contributed by atoms with Gasteiger partial charge in [-0.05, 0) is 44.5 Å². The summed E-state index contributed by atoms with van der Waals surface area (Å²) in [5.41, 5.74) is 8.80. The van der Waals surface area contributed by atoms with Crippen LogP contribution in [0.2, 0.25) is 0 Å². The number of anilines is 1. The van der Waals surface area contributed by atoms with Gasteiger partial charge in [-0.15, -0.1) is 0 Å². The van der Waals surface area contributed by atoms with Crippen LogP contribution >= 0.6 is 11.8 Å². The molecule has 4 rings (SSSR count). The van der Waals surface area contributed by atoms with E-state index < -0.39 is 5.60 Å². The number of fused-ring (bicyclic) bond motifs is 1. The summed E-state index contributed by atoms with van der Waals surface area (Å²) in [7, 11) is 0. The van der Waals surface area contributed by atoms with E-state index in [-0.39, 0.29) is 11.2 Å². The first-order valence-electron chi connectivity index (χ1n) is 9.09. The molecule has 1 atom stereocenters. The van der Waals surface area contributed by atoms with Gasteiger partial charge >= 0.3 is 5.97 Å². The standard InChI is InChI=1S/C21H22N4O2S/c1-21(2,3)27-18(26)14-9-10-16-15(11-14)24-19(22)25(16)20-23-12-17(28-20)13-7-5-4-6-8-13/h4-11,17H,12H2,1-3H3,(H2,22,24). The fraction of sp³-hybridized carbons (Fsp3) is 0.286. The molecule has 0 radical (unpaired) electrons. The van der Waals surface area contributed by atoms with Crippen molar-refractivity contribution in [2.45, 2.75) is 31.6 Å². The fourth-order valence-electron chi connectivity index (χ4n) is 3.09. The number of carbonyl (C=O) groups excluding carboxylic acids is 1. The van der Waals surface area contributed by atoms with E-state index in [1.807, 2.05) is 49.6 Å². The Labute approximate surface area is 167 Å². The van der Waals surface area contributed by atoms with Crippen molar-refractivity contribution < 1.29 is 9.53 Å². The summed E-state index contributed by atoms with van der Waals surface area (Å²) in [4.78, 5) is 21.5. The maximum Gasteiger partial charge on any atom is 0.338 e. The van der Waals surface area contributed by atoms with E-state index in [0.717, 1.165) is 10.7 Å². The number of nitrogens with zero attached hydrogens (tertiary/aromatic N) is 3. The second-order valence-electron chi connectivity index (χ2n) is 7.65. The molecule has 0 spiro atoms. The van der Waals surface area contributed by atoms with Crippen molar-refractivity contribution in [1.29, 1.82) is 0 Å². The van der Waals surface area contributed by atoms with Crippen molar-refractivity contribution in [3.63, 3.8) is 0 Å². The molecule has 0 fully saturated rings. The zero-order chi connectivity index (χ0) is 19.9. The van der Waals surface area contributed by atoms with Crippen LogP contribution in [0.4, 0.5) is 5.95 Å². The minimum atomic E-state index is -0.550. The van der Waals surface area contributed by atoms with E-state index >= 15 is 0 Å². The van der Waals surface area contributed by atoms with Crippen LogP contribution in [-0.4, -0.2) is 32.8 Å². The maximum atomic E-state index is 12.3. The molecular formula is C21H22N4O2S. The number of esters is 1. The molecule has 7 heteroatoms. The molecule has 0 bridgehead atoms. The second-order valence-corrected chi connectivity index (χ2v) is 8.82. The van der Waals surface area contributed by atoms with E-state index in [0.29, 0.717) is 23.6 Å². The summed E-state index contributed by atoms with van der Waals surface area (Å²) in [6.45, 7) is 6.22. The first-order valence-corrected chi connectivity index (χ1v) is 9.97. The van der Waals surface area contributed by atoms with Gasteiger partial charge in [0.1, 0.15) is 5.60 Å². The molecule has 0 saturated heterocycles. The highest BCUT2D eigenvalue weighted by atomic mass is 32.2. The normalized spacial score (nSPS) is 17.0. The molecule has 1 aliphatic heterocycles. The van der Waals surface area contributed by atoms with E-state index in [9.17, 15) is 4.79 Å². The van der Waals surface area contributed by atoms with Gasteiger partial charge < -0.3 is 10.5 Å². The van der Waals surface area contributed by atoms with Crippen molar-refractivity contribution in [2.75, 3.05) is 12.3 Å². The topological polar surface area (TPSA) is 82.5 Å². The zero-order valence-corrected chi connectivity index (χ0v) is 16.9. The number of ether oxygens (including phenoxy) is 1. The van der Waals surface area contributed by atoms with Gasteiger partial charge in [-0.25, -0.2) is 9.78 Å². The molecule has 2 heterocycles. The van der Waals surface area contributed by atoms with Crippen LogP contribution in [0.15, 0.2) is 53.5 Å². The molecule has 3 aromatic rings. The van der Waals surface area contributed by atoms with Gasteiger partial charge in [-0.2, -0.15) is 0 Å². The molecule has 2 aromatic carbocycles. The highest BCUT2D eigenvalue weighted by Crippen LogP contribution is 2.37. The molecule has 1 aliphatic rings. The van der Waals surface area contributed by atoms with E-state index in [4.69, 9.17) is 10.5 Å². The molecule has 1 unspecified atom stereocenters. The molecule has 6 nitrogen and oxygen atoms in total. The molecule has 2 N–H and O–H groups in total. The highest BCUT2D eigenvalue weighted by Gasteiger charge is 2.26. The lowest BCUT2D eigenvalue weighted by Crippen LogP contribution is -2.23. The predicted octanol–water partition coefficient (Wildman–Crippen LogP) is 4.27. The molecule has 28 heavy (non-hydrogen) atoms. The predicted molar refractivity (Wildman–Crippen MR) is 114 cm³/mol. The highest BCUT2D eigenvalue weighted by molar-refractivity contribution is 8.14. The fourth-order valence-corrected chi connectivity index (χ4v) is 4.23. The number of thioether (sulfide) groups is 1. The third-order valence-corrected chi connectivity index (χ3v) is 5.55. The molecule has 1 aromatic heterocycles. The molecular weight excluding hydrogens is 372 g/mol. The monoisotopic (exact) mass is 394 g/mol. The lowest BCUT2D eigenvalue weighted by molar-refractivity contribution is 0.00697. The third-order valence-electron chi connectivity index (χ3n) is 4.32. The smallest absolute Gasteiger partial charge is 0.338 e. The average molecular weight is 395 g/mol. The SMILES string of the molecule is CC(C)(C)OC(=O)c1ccc2c(c1)nc(N)n2C1=NCC(c2ccccc2)S1. The number of benzene rings is 2. The number of carbonyl (C=O) groups is 1. The largest absolute Gasteiger partial charge is 0.456 e. The van der Waals surface area contributed by atoms with Crippen molar-refractivity contribution in [2.24, 2.45) is 4.99 Å². The Balaban J connectivity index is 1.62. The Morgan fingerprint density at radius 3 is 2.68 bits per heavy atom. The lowest BCUT2D eigenvalue weighted by atomic mass is 10.1. The van der Waals surface area contributed by atoms with E-state index in [1.54, 1.807) is 23.9 Å². The maximum absolute atomic E-state index is 12.3. The molecule has 0 amide bonds. The minimum Gasteiger partial charge on any atom is -0.456 e. The Bertz CT molecular complexity index is 1070. The molecule has 0 aliphatic carbocycles. The number of nitrogens with two attached hydrogens (primary N) is 1. The van der Waals surface area contributed by atoms with Crippen LogP contribution in [0.3, 0.4) is 0 Å². The van der Waals surface area contributed by atoms with Crippen molar-refractivity contribution in [1.82, 2.24) is 9.55 Å². The summed E-state index contributed by atoms with van der Waals surface area (Å²) in [5, 5.41) is 1.08. The first-order chi connectivity index (χ1) is 13.3. The van der Waals surface area contributed by atoms with Crippen LogP contribution in [0.1, 0.15) is 41.9 Å². The van der Waals surface area contributed by atoms with Crippen LogP contribution < -0.4 is 5.73 Å². The molecule has 144 valence electrons. The Kier molecular flexibility index (Phi) is 4.63.